The minimum atomic E-state index is -0.0217. The first kappa shape index (κ1) is 13.6. The van der Waals surface area contributed by atoms with Gasteiger partial charge in [-0.1, -0.05) is 19.1 Å². The molecule has 1 aromatic heterocycles. The maximum Gasteiger partial charge on any atom is 0.261 e. The average Bonchev–Trinajstić information content (AvgIpc) is 2.89. The molecule has 1 aromatic carbocycles. The quantitative estimate of drug-likeness (QED) is 0.842. The van der Waals surface area contributed by atoms with Gasteiger partial charge >= 0.3 is 0 Å². The molecule has 0 saturated carbocycles. The topological polar surface area (TPSA) is 55.1 Å². The van der Waals surface area contributed by atoms with E-state index >= 15 is 0 Å². The van der Waals surface area contributed by atoms with Crippen LogP contribution in [-0.2, 0) is 13.0 Å². The fourth-order valence-electron chi connectivity index (χ4n) is 1.85. The lowest BCUT2D eigenvalue weighted by molar-refractivity contribution is 0.0955. The number of hydrogen-bond donors (Lipinski definition) is 2. The molecular formula is C15H18N2OS. The van der Waals surface area contributed by atoms with Gasteiger partial charge in [-0.25, -0.2) is 0 Å². The van der Waals surface area contributed by atoms with Gasteiger partial charge in [0, 0.05) is 17.1 Å². The van der Waals surface area contributed by atoms with Gasteiger partial charge in [0.2, 0.25) is 0 Å². The fourth-order valence-corrected chi connectivity index (χ4v) is 2.71. The Bertz CT molecular complexity index is 590. The maximum absolute atomic E-state index is 12.0. The van der Waals surface area contributed by atoms with Crippen LogP contribution in [0, 0.1) is 6.92 Å². The smallest absolute Gasteiger partial charge is 0.261 e. The van der Waals surface area contributed by atoms with Crippen molar-refractivity contribution >= 4 is 22.9 Å². The summed E-state index contributed by atoms with van der Waals surface area (Å²) >= 11 is 1.55. The van der Waals surface area contributed by atoms with E-state index in [0.29, 0.717) is 6.54 Å². The molecule has 3 N–H and O–H groups in total. The van der Waals surface area contributed by atoms with Crippen molar-refractivity contribution in [3.63, 3.8) is 0 Å². The molecule has 4 heteroatoms. The summed E-state index contributed by atoms with van der Waals surface area (Å²) in [6, 6.07) is 9.64. The van der Waals surface area contributed by atoms with Crippen LogP contribution in [0.1, 0.15) is 32.6 Å². The summed E-state index contributed by atoms with van der Waals surface area (Å²) in [6.07, 6.45) is 0.965. The molecule has 0 saturated heterocycles. The van der Waals surface area contributed by atoms with E-state index in [1.165, 1.54) is 4.88 Å². The number of rotatable bonds is 4. The van der Waals surface area contributed by atoms with E-state index < -0.39 is 0 Å². The highest BCUT2D eigenvalue weighted by Crippen LogP contribution is 2.18. The Hall–Kier alpha value is -1.81. The van der Waals surface area contributed by atoms with Crippen molar-refractivity contribution in [1.82, 2.24) is 5.32 Å². The second-order valence-corrected chi connectivity index (χ2v) is 5.60. The molecule has 0 bridgehead atoms. The van der Waals surface area contributed by atoms with E-state index in [2.05, 4.69) is 12.2 Å². The van der Waals surface area contributed by atoms with Crippen LogP contribution in [0.5, 0.6) is 0 Å². The summed E-state index contributed by atoms with van der Waals surface area (Å²) in [7, 11) is 0. The summed E-state index contributed by atoms with van der Waals surface area (Å²) < 4.78 is 0. The van der Waals surface area contributed by atoms with Crippen molar-refractivity contribution in [2.24, 2.45) is 0 Å². The molecule has 19 heavy (non-hydrogen) atoms. The Morgan fingerprint density at radius 2 is 2.11 bits per heavy atom. The molecule has 0 unspecified atom stereocenters. The first-order valence-corrected chi connectivity index (χ1v) is 7.14. The first-order chi connectivity index (χ1) is 9.11. The number of nitrogens with one attached hydrogen (secondary N) is 1. The number of carbonyl (C=O) groups excluding carboxylic acids is 1. The van der Waals surface area contributed by atoms with Gasteiger partial charge in [-0.2, -0.15) is 0 Å². The van der Waals surface area contributed by atoms with Crippen LogP contribution in [0.3, 0.4) is 0 Å². The molecule has 0 aliphatic rings. The molecule has 0 aliphatic carbocycles. The standard InChI is InChI=1S/C15H18N2OS/c1-3-12-7-8-14(19-12)15(18)17-9-11-5-4-6-13(16)10(11)2/h4-8H,3,9,16H2,1-2H3,(H,17,18). The molecule has 0 fully saturated rings. The molecule has 1 amide bonds. The molecule has 0 aliphatic heterocycles. The second-order valence-electron chi connectivity index (χ2n) is 4.43. The SMILES string of the molecule is CCc1ccc(C(=O)NCc2cccc(N)c2C)s1. The third-order valence-corrected chi connectivity index (χ3v) is 4.39. The van der Waals surface area contributed by atoms with Crippen LogP contribution in [0.4, 0.5) is 5.69 Å². The Morgan fingerprint density at radius 1 is 1.32 bits per heavy atom. The van der Waals surface area contributed by atoms with Gasteiger partial charge in [-0.15, -0.1) is 11.3 Å². The molecule has 1 heterocycles. The van der Waals surface area contributed by atoms with Gasteiger partial charge in [0.05, 0.1) is 4.88 Å². The lowest BCUT2D eigenvalue weighted by atomic mass is 10.1. The Kier molecular flexibility index (Phi) is 4.22. The third kappa shape index (κ3) is 3.15. The summed E-state index contributed by atoms with van der Waals surface area (Å²) in [4.78, 5) is 14.0. The average molecular weight is 274 g/mol. The van der Waals surface area contributed by atoms with E-state index in [1.54, 1.807) is 11.3 Å². The molecule has 2 rings (SSSR count). The summed E-state index contributed by atoms with van der Waals surface area (Å²) in [6.45, 7) is 4.57. The van der Waals surface area contributed by atoms with Crippen molar-refractivity contribution in [3.05, 3.63) is 51.2 Å². The van der Waals surface area contributed by atoms with E-state index in [-0.39, 0.29) is 5.91 Å². The summed E-state index contributed by atoms with van der Waals surface area (Å²) in [5.74, 6) is -0.0217. The number of amides is 1. The predicted octanol–water partition coefficient (Wildman–Crippen LogP) is 3.13. The van der Waals surface area contributed by atoms with Gasteiger partial charge in [0.1, 0.15) is 0 Å². The molecule has 2 aromatic rings. The Balaban J connectivity index is 2.02. The van der Waals surface area contributed by atoms with Crippen molar-refractivity contribution < 1.29 is 4.79 Å². The van der Waals surface area contributed by atoms with Crippen LogP contribution in [0.2, 0.25) is 0 Å². The van der Waals surface area contributed by atoms with Gasteiger partial charge in [0.15, 0.2) is 0 Å². The highest BCUT2D eigenvalue weighted by Gasteiger charge is 2.09. The number of anilines is 1. The zero-order chi connectivity index (χ0) is 13.8. The minimum Gasteiger partial charge on any atom is -0.399 e. The Labute approximate surface area is 117 Å². The lowest BCUT2D eigenvalue weighted by Gasteiger charge is -2.09. The van der Waals surface area contributed by atoms with Crippen LogP contribution >= 0.6 is 11.3 Å². The lowest BCUT2D eigenvalue weighted by Crippen LogP contribution is -2.22. The van der Waals surface area contributed by atoms with Crippen LogP contribution < -0.4 is 11.1 Å². The van der Waals surface area contributed by atoms with E-state index in [4.69, 9.17) is 5.73 Å². The van der Waals surface area contributed by atoms with Crippen molar-refractivity contribution in [2.45, 2.75) is 26.8 Å². The number of aryl methyl sites for hydroxylation is 1. The van der Waals surface area contributed by atoms with E-state index in [9.17, 15) is 4.79 Å². The van der Waals surface area contributed by atoms with Crippen LogP contribution in [0.25, 0.3) is 0 Å². The predicted molar refractivity (Wildman–Crippen MR) is 80.5 cm³/mol. The normalized spacial score (nSPS) is 10.4. The summed E-state index contributed by atoms with van der Waals surface area (Å²) in [5, 5.41) is 2.94. The molecule has 0 atom stereocenters. The molecule has 3 nitrogen and oxygen atoms in total. The second kappa shape index (κ2) is 5.89. The number of carbonyl (C=O) groups is 1. The van der Waals surface area contributed by atoms with E-state index in [0.717, 1.165) is 28.1 Å². The number of benzene rings is 1. The molecule has 0 spiro atoms. The monoisotopic (exact) mass is 274 g/mol. The van der Waals surface area contributed by atoms with Gasteiger partial charge < -0.3 is 11.1 Å². The highest BCUT2D eigenvalue weighted by molar-refractivity contribution is 7.14. The van der Waals surface area contributed by atoms with Gasteiger partial charge in [-0.05, 0) is 42.7 Å². The van der Waals surface area contributed by atoms with Crippen LogP contribution in [-0.4, -0.2) is 5.91 Å². The van der Waals surface area contributed by atoms with Crippen molar-refractivity contribution in [1.29, 1.82) is 0 Å². The summed E-state index contributed by atoms with van der Waals surface area (Å²) in [5.41, 5.74) is 8.70. The van der Waals surface area contributed by atoms with Gasteiger partial charge in [-0.3, -0.25) is 4.79 Å². The third-order valence-electron chi connectivity index (χ3n) is 3.16. The van der Waals surface area contributed by atoms with E-state index in [1.807, 2.05) is 37.3 Å². The fraction of sp³-hybridized carbons (Fsp3) is 0.267. The zero-order valence-corrected chi connectivity index (χ0v) is 12.0. The van der Waals surface area contributed by atoms with Crippen LogP contribution in [0.15, 0.2) is 30.3 Å². The largest absolute Gasteiger partial charge is 0.399 e. The number of thiophene rings is 1. The first-order valence-electron chi connectivity index (χ1n) is 6.32. The zero-order valence-electron chi connectivity index (χ0n) is 11.2. The van der Waals surface area contributed by atoms with Crippen molar-refractivity contribution in [2.75, 3.05) is 5.73 Å². The number of nitrogen functional groups attached to an aromatic ring is 1. The number of nitrogens with two attached hydrogens (primary N) is 1. The van der Waals surface area contributed by atoms with Gasteiger partial charge in [0.25, 0.3) is 5.91 Å². The Morgan fingerprint density at radius 3 is 2.79 bits per heavy atom. The van der Waals surface area contributed by atoms with Crippen molar-refractivity contribution in [3.8, 4) is 0 Å². The number of hydrogen-bond acceptors (Lipinski definition) is 3. The minimum absolute atomic E-state index is 0.0217. The molecule has 0 radical (unpaired) electrons. The maximum atomic E-state index is 12.0. The highest BCUT2D eigenvalue weighted by atomic mass is 32.1. The molecular weight excluding hydrogens is 256 g/mol. The molecule has 100 valence electrons.